The molecule has 1 aliphatic heterocycles. The van der Waals surface area contributed by atoms with Crippen molar-refractivity contribution in [3.8, 4) is 6.01 Å². The van der Waals surface area contributed by atoms with Crippen LogP contribution < -0.4 is 10.1 Å². The molecular weight excluding hydrogens is 733 g/mol. The largest absolute Gasteiger partial charge is 0.481 e. The van der Waals surface area contributed by atoms with E-state index in [2.05, 4.69) is 80.5 Å². The predicted octanol–water partition coefficient (Wildman–Crippen LogP) is 8.30. The van der Waals surface area contributed by atoms with Crippen molar-refractivity contribution in [2.75, 3.05) is 44.3 Å². The molecule has 0 amide bonds. The first-order valence-electron chi connectivity index (χ1n) is 22.3. The minimum atomic E-state index is -2.87. The summed E-state index contributed by atoms with van der Waals surface area (Å²) in [6.07, 6.45) is 20.9. The summed E-state index contributed by atoms with van der Waals surface area (Å²) in [7, 11) is -2.87. The van der Waals surface area contributed by atoms with Gasteiger partial charge in [-0.1, -0.05) is 58.9 Å². The van der Waals surface area contributed by atoms with Gasteiger partial charge in [0.25, 0.3) is 0 Å². The molecule has 0 spiro atoms. The number of carboxylic acid groups (broad SMARTS) is 1. The number of ether oxygens (including phenoxy) is 1. The molecule has 1 unspecified atom stereocenters. The molecule has 0 aromatic carbocycles. The molecule has 9 nitrogen and oxygen atoms in total. The van der Waals surface area contributed by atoms with Crippen LogP contribution in [0.25, 0.3) is 0 Å². The number of hydrogen-bond acceptors (Lipinski definition) is 8. The Morgan fingerprint density at radius 3 is 2.33 bits per heavy atom. The third-order valence-electron chi connectivity index (χ3n) is 18.4. The number of aromatic nitrogens is 2. The van der Waals surface area contributed by atoms with Gasteiger partial charge in [-0.2, -0.15) is 0 Å². The first kappa shape index (κ1) is 41.2. The van der Waals surface area contributed by atoms with Crippen molar-refractivity contribution in [3.63, 3.8) is 0 Å². The highest BCUT2D eigenvalue weighted by Gasteiger charge is 2.70. The maximum Gasteiger partial charge on any atom is 0.316 e. The van der Waals surface area contributed by atoms with Gasteiger partial charge in [-0.15, -0.1) is 0 Å². The zero-order valence-electron chi connectivity index (χ0n) is 35.7. The molecule has 5 fully saturated rings. The van der Waals surface area contributed by atoms with Gasteiger partial charge in [-0.3, -0.25) is 4.79 Å². The fourth-order valence-corrected chi connectivity index (χ4v) is 16.4. The fraction of sp³-hybridized carbons (Fsp3) is 0.766. The second-order valence-electron chi connectivity index (χ2n) is 21.1. The molecule has 1 saturated heterocycles. The number of rotatable bonds is 10. The molecule has 10 atom stereocenters. The topological polar surface area (TPSA) is 122 Å². The SMILES string of the molecule is C=C(C)[C@@H]1CC[C@]2(NCCN3CCS(=O)(=O)CC3)CC[C@]3(C)[C@H](CC[C@@H]4[C@@]5(C)CC=C(C6=CCC(COc7ncccn7)(C(=O)O)CC6)C(C)(C)[C@@H]5CC[C@]43C)[C@@H]12. The van der Waals surface area contributed by atoms with Crippen LogP contribution in [0.1, 0.15) is 119 Å². The average molecular weight is 803 g/mol. The highest BCUT2D eigenvalue weighted by atomic mass is 32.2. The van der Waals surface area contributed by atoms with Gasteiger partial charge in [0.1, 0.15) is 12.0 Å². The molecule has 0 bridgehead atoms. The van der Waals surface area contributed by atoms with Crippen molar-refractivity contribution in [3.05, 3.63) is 53.9 Å². The lowest BCUT2D eigenvalue weighted by molar-refractivity contribution is -0.221. The van der Waals surface area contributed by atoms with Gasteiger partial charge in [0.15, 0.2) is 9.84 Å². The maximum absolute atomic E-state index is 12.7. The van der Waals surface area contributed by atoms with Crippen LogP contribution in [-0.4, -0.2) is 84.2 Å². The number of nitrogens with zero attached hydrogens (tertiary/aromatic N) is 3. The van der Waals surface area contributed by atoms with Gasteiger partial charge in [-0.05, 0) is 152 Å². The Morgan fingerprint density at radius 1 is 0.930 bits per heavy atom. The molecule has 4 saturated carbocycles. The van der Waals surface area contributed by atoms with Gasteiger partial charge in [-0.25, -0.2) is 18.4 Å². The van der Waals surface area contributed by atoms with Gasteiger partial charge >= 0.3 is 12.0 Å². The van der Waals surface area contributed by atoms with Crippen LogP contribution in [0.15, 0.2) is 53.9 Å². The van der Waals surface area contributed by atoms with E-state index in [0.29, 0.717) is 67.0 Å². The predicted molar refractivity (Wildman–Crippen MR) is 225 cm³/mol. The zero-order chi connectivity index (χ0) is 40.6. The van der Waals surface area contributed by atoms with E-state index in [0.717, 1.165) is 25.9 Å². The average Bonchev–Trinajstić information content (AvgIpc) is 3.55. The third-order valence-corrected chi connectivity index (χ3v) is 20.0. The third kappa shape index (κ3) is 6.68. The Bertz CT molecular complexity index is 1900. The van der Waals surface area contributed by atoms with E-state index in [1.54, 1.807) is 18.5 Å². The highest BCUT2D eigenvalue weighted by molar-refractivity contribution is 7.91. The lowest BCUT2D eigenvalue weighted by Crippen LogP contribution is -2.68. The van der Waals surface area contributed by atoms with Gasteiger partial charge in [0, 0.05) is 44.1 Å². The van der Waals surface area contributed by atoms with Crippen LogP contribution in [-0.2, 0) is 14.6 Å². The smallest absolute Gasteiger partial charge is 0.316 e. The fourth-order valence-electron chi connectivity index (χ4n) is 15.1. The van der Waals surface area contributed by atoms with E-state index < -0.39 is 21.2 Å². The summed E-state index contributed by atoms with van der Waals surface area (Å²) >= 11 is 0. The number of nitrogens with one attached hydrogen (secondary N) is 1. The van der Waals surface area contributed by atoms with Gasteiger partial charge in [0.2, 0.25) is 0 Å². The summed E-state index contributed by atoms with van der Waals surface area (Å²) < 4.78 is 30.0. The maximum atomic E-state index is 12.7. The first-order chi connectivity index (χ1) is 26.9. The molecule has 2 N–H and O–H groups in total. The highest BCUT2D eigenvalue weighted by Crippen LogP contribution is 2.76. The molecule has 57 heavy (non-hydrogen) atoms. The summed E-state index contributed by atoms with van der Waals surface area (Å²) in [6.45, 7) is 23.2. The number of fused-ring (bicyclic) bond motifs is 7. The Labute approximate surface area is 342 Å². The molecule has 314 valence electrons. The van der Waals surface area contributed by atoms with E-state index >= 15 is 0 Å². The second-order valence-corrected chi connectivity index (χ2v) is 23.4. The monoisotopic (exact) mass is 803 g/mol. The number of sulfone groups is 1. The molecule has 6 aliphatic carbocycles. The lowest BCUT2D eigenvalue weighted by atomic mass is 9.33. The summed E-state index contributed by atoms with van der Waals surface area (Å²) in [6, 6.07) is 1.95. The number of hydrogen-bond donors (Lipinski definition) is 2. The Morgan fingerprint density at radius 2 is 1.67 bits per heavy atom. The number of carbonyl (C=O) groups is 1. The van der Waals surface area contributed by atoms with Crippen molar-refractivity contribution in [2.45, 2.75) is 124 Å². The molecule has 2 heterocycles. The van der Waals surface area contributed by atoms with Crippen LogP contribution >= 0.6 is 0 Å². The standard InChI is InChI=1S/C47H70N4O5S/c1-32(2)34-13-20-47(50-25-26-51-27-29-57(54,55)30-28-51)22-21-44(6)36(39(34)47)9-10-38-43(5)16-14-35(42(3,4)37(43)15-17-45(38,44)7)33-11-18-46(19-12-33,40(52)53)31-56-41-48-23-8-24-49-41/h8,11,14,23-24,34,36-39,50H,1,9-10,12-13,15-22,25-31H2,2-7H3,(H,52,53)/t34-,36+,37-,38+,39+,43-,44+,45+,46?,47-/m0/s1. The van der Waals surface area contributed by atoms with E-state index in [1.165, 1.54) is 68.1 Å². The number of allylic oxidation sites excluding steroid dienone is 5. The quantitative estimate of drug-likeness (QED) is 0.225. The Balaban J connectivity index is 1.01. The number of aliphatic carboxylic acids is 1. The van der Waals surface area contributed by atoms with Crippen molar-refractivity contribution in [1.29, 1.82) is 0 Å². The Hall–Kier alpha value is -2.56. The molecule has 0 radical (unpaired) electrons. The molecule has 1 aromatic rings. The van der Waals surface area contributed by atoms with Crippen molar-refractivity contribution < 1.29 is 23.1 Å². The molecular formula is C47H70N4O5S. The van der Waals surface area contributed by atoms with E-state index in [1.807, 2.05) is 0 Å². The Kier molecular flexibility index (Phi) is 10.5. The summed E-state index contributed by atoms with van der Waals surface area (Å²) in [5, 5.41) is 14.6. The minimum Gasteiger partial charge on any atom is -0.481 e. The zero-order valence-corrected chi connectivity index (χ0v) is 36.6. The molecule has 8 rings (SSSR count). The van der Waals surface area contributed by atoms with Gasteiger partial charge < -0.3 is 20.1 Å². The van der Waals surface area contributed by atoms with Crippen LogP contribution in [0.5, 0.6) is 6.01 Å². The van der Waals surface area contributed by atoms with E-state index in [4.69, 9.17) is 4.74 Å². The van der Waals surface area contributed by atoms with Gasteiger partial charge in [0.05, 0.1) is 11.5 Å². The lowest BCUT2D eigenvalue weighted by Gasteiger charge is -2.72. The van der Waals surface area contributed by atoms with Crippen molar-refractivity contribution >= 4 is 15.8 Å². The van der Waals surface area contributed by atoms with Crippen LogP contribution in [0.3, 0.4) is 0 Å². The summed E-state index contributed by atoms with van der Waals surface area (Å²) in [5.74, 6) is 2.79. The van der Waals surface area contributed by atoms with E-state index in [9.17, 15) is 18.3 Å². The van der Waals surface area contributed by atoms with Crippen molar-refractivity contribution in [2.24, 2.45) is 56.7 Å². The molecule has 7 aliphatic rings. The van der Waals surface area contributed by atoms with E-state index in [-0.39, 0.29) is 39.8 Å². The normalized spacial score (nSPS) is 42.3. The van der Waals surface area contributed by atoms with Crippen LogP contribution in [0.2, 0.25) is 0 Å². The molecule has 1 aromatic heterocycles. The van der Waals surface area contributed by atoms with Crippen LogP contribution in [0, 0.1) is 56.7 Å². The minimum absolute atomic E-state index is 0.00377. The summed E-state index contributed by atoms with van der Waals surface area (Å²) in [5.41, 5.74) is 4.02. The summed E-state index contributed by atoms with van der Waals surface area (Å²) in [4.78, 5) is 23.3. The number of carboxylic acids is 1. The van der Waals surface area contributed by atoms with Crippen LogP contribution in [0.4, 0.5) is 0 Å². The van der Waals surface area contributed by atoms with Crippen molar-refractivity contribution in [1.82, 2.24) is 20.2 Å². The second kappa shape index (κ2) is 14.6. The molecule has 10 heteroatoms. The first-order valence-corrected chi connectivity index (χ1v) is 24.1.